The zero-order valence-corrected chi connectivity index (χ0v) is 16.3. The number of nitrogens with one attached hydrogen (secondary N) is 1. The van der Waals surface area contributed by atoms with E-state index in [0.29, 0.717) is 0 Å². The summed E-state index contributed by atoms with van der Waals surface area (Å²) in [5.41, 5.74) is 5.25. The van der Waals surface area contributed by atoms with Crippen LogP contribution in [-0.4, -0.2) is 24.2 Å². The lowest BCUT2D eigenvalue weighted by atomic mass is 10.1. The topological polar surface area (TPSA) is 55.4 Å². The van der Waals surface area contributed by atoms with Gasteiger partial charge >= 0.3 is 5.97 Å². The van der Waals surface area contributed by atoms with Crippen LogP contribution in [0.1, 0.15) is 29.2 Å². The van der Waals surface area contributed by atoms with E-state index >= 15 is 0 Å². The first kappa shape index (κ1) is 20.0. The average molecular weight is 372 g/mol. The molecule has 0 atom stereocenters. The number of esters is 1. The summed E-state index contributed by atoms with van der Waals surface area (Å²) in [6.45, 7) is 5.76. The third kappa shape index (κ3) is 6.23. The van der Waals surface area contributed by atoms with E-state index in [-0.39, 0.29) is 24.2 Å². The normalized spacial score (nSPS) is 10.4. The van der Waals surface area contributed by atoms with Gasteiger partial charge in [0.2, 0.25) is 0 Å². The molecule has 1 amide bonds. The molecule has 0 radical (unpaired) electrons. The van der Waals surface area contributed by atoms with Gasteiger partial charge < -0.3 is 10.1 Å². The summed E-state index contributed by atoms with van der Waals surface area (Å²) in [6, 6.07) is 14.1. The summed E-state index contributed by atoms with van der Waals surface area (Å²) in [5, 5.41) is 2.85. The molecule has 1 N–H and O–H groups in total. The second-order valence-electron chi connectivity index (χ2n) is 6.15. The van der Waals surface area contributed by atoms with Crippen molar-refractivity contribution in [3.8, 4) is 0 Å². The highest BCUT2D eigenvalue weighted by molar-refractivity contribution is 7.99. The van der Waals surface area contributed by atoms with Crippen LogP contribution in [0.2, 0.25) is 0 Å². The van der Waals surface area contributed by atoms with Crippen LogP contribution in [0.4, 0.5) is 5.69 Å². The zero-order chi connectivity index (χ0) is 18.9. The SMILES string of the molecule is CCc1cccc(C)c1NC(=O)COC(=O)CSCc1ccc(C)cc1. The van der Waals surface area contributed by atoms with Crippen molar-refractivity contribution in [1.82, 2.24) is 0 Å². The number of ether oxygens (including phenoxy) is 1. The van der Waals surface area contributed by atoms with E-state index < -0.39 is 0 Å². The van der Waals surface area contributed by atoms with Crippen LogP contribution in [0.5, 0.6) is 0 Å². The molecule has 0 fully saturated rings. The van der Waals surface area contributed by atoms with Gasteiger partial charge in [0.1, 0.15) is 0 Å². The van der Waals surface area contributed by atoms with Gasteiger partial charge in [-0.25, -0.2) is 0 Å². The molecule has 26 heavy (non-hydrogen) atoms. The number of aryl methyl sites for hydroxylation is 3. The number of para-hydroxylation sites is 1. The van der Waals surface area contributed by atoms with E-state index in [0.717, 1.165) is 34.6 Å². The molecule has 0 aliphatic heterocycles. The van der Waals surface area contributed by atoms with Gasteiger partial charge in [-0.05, 0) is 37.0 Å². The van der Waals surface area contributed by atoms with Gasteiger partial charge in [-0.2, -0.15) is 0 Å². The van der Waals surface area contributed by atoms with Gasteiger partial charge in [0.15, 0.2) is 6.61 Å². The average Bonchev–Trinajstić information content (AvgIpc) is 2.63. The maximum atomic E-state index is 12.1. The van der Waals surface area contributed by atoms with Gasteiger partial charge in [0, 0.05) is 11.4 Å². The Hall–Kier alpha value is -2.27. The van der Waals surface area contributed by atoms with Crippen LogP contribution in [0.3, 0.4) is 0 Å². The number of rotatable bonds is 8. The van der Waals surface area contributed by atoms with Crippen molar-refractivity contribution in [2.75, 3.05) is 17.7 Å². The number of thioether (sulfide) groups is 1. The van der Waals surface area contributed by atoms with Crippen LogP contribution >= 0.6 is 11.8 Å². The first-order valence-corrected chi connectivity index (χ1v) is 9.82. The minimum absolute atomic E-state index is 0.228. The molecule has 0 aliphatic rings. The summed E-state index contributed by atoms with van der Waals surface area (Å²) < 4.78 is 5.07. The number of hydrogen-bond donors (Lipinski definition) is 1. The fourth-order valence-electron chi connectivity index (χ4n) is 2.50. The highest BCUT2D eigenvalue weighted by Crippen LogP contribution is 2.21. The van der Waals surface area contributed by atoms with Crippen LogP contribution < -0.4 is 5.32 Å². The van der Waals surface area contributed by atoms with E-state index in [9.17, 15) is 9.59 Å². The molecule has 0 saturated heterocycles. The Morgan fingerprint density at radius 3 is 2.50 bits per heavy atom. The Kier molecular flexibility index (Phi) is 7.73. The summed E-state index contributed by atoms with van der Waals surface area (Å²) >= 11 is 1.48. The van der Waals surface area contributed by atoms with E-state index in [1.54, 1.807) is 0 Å². The summed E-state index contributed by atoms with van der Waals surface area (Å²) in [7, 11) is 0. The molecule has 0 bridgehead atoms. The van der Waals surface area contributed by atoms with Crippen molar-refractivity contribution in [2.24, 2.45) is 0 Å². The second kappa shape index (κ2) is 10.0. The molecule has 0 unspecified atom stereocenters. The first-order valence-electron chi connectivity index (χ1n) is 8.67. The Balaban J connectivity index is 1.73. The van der Waals surface area contributed by atoms with E-state index in [1.165, 1.54) is 17.3 Å². The van der Waals surface area contributed by atoms with Crippen LogP contribution in [-0.2, 0) is 26.5 Å². The molecule has 0 spiro atoms. The highest BCUT2D eigenvalue weighted by Gasteiger charge is 2.11. The smallest absolute Gasteiger partial charge is 0.316 e. The minimum Gasteiger partial charge on any atom is -0.455 e. The molecular weight excluding hydrogens is 346 g/mol. The fraction of sp³-hybridized carbons (Fsp3) is 0.333. The Labute approximate surface area is 159 Å². The van der Waals surface area contributed by atoms with Crippen molar-refractivity contribution in [3.63, 3.8) is 0 Å². The number of carbonyl (C=O) groups excluding carboxylic acids is 2. The van der Waals surface area contributed by atoms with Crippen molar-refractivity contribution >= 4 is 29.3 Å². The molecular formula is C21H25NO3S. The van der Waals surface area contributed by atoms with Crippen molar-refractivity contribution in [3.05, 3.63) is 64.7 Å². The van der Waals surface area contributed by atoms with Gasteiger partial charge in [-0.15, -0.1) is 11.8 Å². The van der Waals surface area contributed by atoms with Crippen LogP contribution in [0.15, 0.2) is 42.5 Å². The lowest BCUT2D eigenvalue weighted by Gasteiger charge is -2.13. The number of hydrogen-bond acceptors (Lipinski definition) is 4. The van der Waals surface area contributed by atoms with Crippen LogP contribution in [0, 0.1) is 13.8 Å². The fourth-order valence-corrected chi connectivity index (χ4v) is 3.28. The zero-order valence-electron chi connectivity index (χ0n) is 15.5. The quantitative estimate of drug-likeness (QED) is 0.704. The van der Waals surface area contributed by atoms with Gasteiger partial charge in [0.05, 0.1) is 5.75 Å². The van der Waals surface area contributed by atoms with E-state index in [1.807, 2.05) is 39.0 Å². The van der Waals surface area contributed by atoms with Crippen molar-refractivity contribution in [2.45, 2.75) is 32.9 Å². The highest BCUT2D eigenvalue weighted by atomic mass is 32.2. The summed E-state index contributed by atoms with van der Waals surface area (Å²) in [5.74, 6) is 0.278. The van der Waals surface area contributed by atoms with Gasteiger partial charge in [-0.1, -0.05) is 55.0 Å². The molecule has 2 rings (SSSR count). The van der Waals surface area contributed by atoms with Gasteiger partial charge in [0.25, 0.3) is 5.91 Å². The molecule has 0 aliphatic carbocycles. The third-order valence-corrected chi connectivity index (χ3v) is 4.96. The van der Waals surface area contributed by atoms with Gasteiger partial charge in [-0.3, -0.25) is 9.59 Å². The molecule has 0 heterocycles. The number of benzene rings is 2. The predicted molar refractivity (Wildman–Crippen MR) is 107 cm³/mol. The molecule has 138 valence electrons. The number of carbonyl (C=O) groups is 2. The summed E-state index contributed by atoms with van der Waals surface area (Å²) in [4.78, 5) is 23.9. The van der Waals surface area contributed by atoms with E-state index in [2.05, 4.69) is 29.6 Å². The Bertz CT molecular complexity index is 756. The third-order valence-electron chi connectivity index (χ3n) is 3.98. The maximum Gasteiger partial charge on any atom is 0.316 e. The standard InChI is InChI=1S/C21H25NO3S/c1-4-18-7-5-6-16(3)21(18)22-19(23)12-25-20(24)14-26-13-17-10-8-15(2)9-11-17/h5-11H,4,12-14H2,1-3H3,(H,22,23). The monoisotopic (exact) mass is 371 g/mol. The minimum atomic E-state index is -0.377. The molecule has 0 saturated carbocycles. The molecule has 5 heteroatoms. The molecule has 4 nitrogen and oxygen atoms in total. The summed E-state index contributed by atoms with van der Waals surface area (Å²) in [6.07, 6.45) is 0.826. The van der Waals surface area contributed by atoms with E-state index in [4.69, 9.17) is 4.74 Å². The largest absolute Gasteiger partial charge is 0.455 e. The number of amides is 1. The molecule has 2 aromatic rings. The number of anilines is 1. The lowest BCUT2D eigenvalue weighted by molar-refractivity contribution is -0.144. The first-order chi connectivity index (χ1) is 12.5. The maximum absolute atomic E-state index is 12.1. The van der Waals surface area contributed by atoms with Crippen LogP contribution in [0.25, 0.3) is 0 Å². The predicted octanol–water partition coefficient (Wildman–Crippen LogP) is 4.28. The lowest BCUT2D eigenvalue weighted by Crippen LogP contribution is -2.22. The molecule has 2 aromatic carbocycles. The molecule has 0 aromatic heterocycles. The second-order valence-corrected chi connectivity index (χ2v) is 7.14. The van der Waals surface area contributed by atoms with Crippen molar-refractivity contribution < 1.29 is 14.3 Å². The Morgan fingerprint density at radius 2 is 1.81 bits per heavy atom. The Morgan fingerprint density at radius 1 is 1.08 bits per heavy atom. The van der Waals surface area contributed by atoms with Crippen molar-refractivity contribution in [1.29, 1.82) is 0 Å².